The topological polar surface area (TPSA) is 105 Å². The normalized spacial score (nSPS) is 14.8. The second-order valence-corrected chi connectivity index (χ2v) is 8.18. The summed E-state index contributed by atoms with van der Waals surface area (Å²) in [5.74, 6) is 0.775. The molecule has 0 amide bonds. The number of anilines is 2. The fourth-order valence-corrected chi connectivity index (χ4v) is 3.96. The van der Waals surface area contributed by atoms with Crippen LogP contribution in [0.25, 0.3) is 0 Å². The zero-order valence-corrected chi connectivity index (χ0v) is 16.5. The zero-order valence-electron chi connectivity index (χ0n) is 15.7. The van der Waals surface area contributed by atoms with Crippen LogP contribution in [0.2, 0.25) is 0 Å². The van der Waals surface area contributed by atoms with E-state index in [-0.39, 0.29) is 10.6 Å². The van der Waals surface area contributed by atoms with Gasteiger partial charge in [0.25, 0.3) is 5.69 Å². The molecular weight excluding hydrogens is 384 g/mol. The SMILES string of the molecule is CNS(=O)(=O)c1ccc(N2CCN(c3cccc(OC)c3)CC2)c([N+](=O)[O-])c1. The fourth-order valence-electron chi connectivity index (χ4n) is 3.21. The minimum Gasteiger partial charge on any atom is -0.497 e. The molecule has 1 aliphatic rings. The molecule has 150 valence electrons. The second kappa shape index (κ2) is 8.03. The van der Waals surface area contributed by atoms with Crippen molar-refractivity contribution in [2.24, 2.45) is 0 Å². The Morgan fingerprint density at radius 3 is 2.36 bits per heavy atom. The minimum atomic E-state index is -3.75. The molecule has 9 nitrogen and oxygen atoms in total. The van der Waals surface area contributed by atoms with Crippen molar-refractivity contribution in [3.05, 3.63) is 52.6 Å². The van der Waals surface area contributed by atoms with Crippen LogP contribution in [0.4, 0.5) is 17.1 Å². The van der Waals surface area contributed by atoms with Crippen molar-refractivity contribution in [1.29, 1.82) is 0 Å². The van der Waals surface area contributed by atoms with Crippen LogP contribution in [0.15, 0.2) is 47.4 Å². The van der Waals surface area contributed by atoms with Crippen molar-refractivity contribution in [3.8, 4) is 5.75 Å². The first kappa shape index (κ1) is 19.9. The van der Waals surface area contributed by atoms with Crippen molar-refractivity contribution in [2.45, 2.75) is 4.90 Å². The average Bonchev–Trinajstić information content (AvgIpc) is 2.73. The molecule has 2 aromatic carbocycles. The first-order valence-electron chi connectivity index (χ1n) is 8.71. The molecule has 1 aliphatic heterocycles. The van der Waals surface area contributed by atoms with Gasteiger partial charge in [0.2, 0.25) is 10.0 Å². The van der Waals surface area contributed by atoms with Gasteiger partial charge in [0.1, 0.15) is 11.4 Å². The molecule has 0 unspecified atom stereocenters. The summed E-state index contributed by atoms with van der Waals surface area (Å²) in [6.07, 6.45) is 0. The smallest absolute Gasteiger partial charge is 0.293 e. The molecule has 28 heavy (non-hydrogen) atoms. The molecule has 0 spiro atoms. The Balaban J connectivity index is 1.81. The Morgan fingerprint density at radius 2 is 1.75 bits per heavy atom. The van der Waals surface area contributed by atoms with Crippen LogP contribution >= 0.6 is 0 Å². The highest BCUT2D eigenvalue weighted by atomic mass is 32.2. The van der Waals surface area contributed by atoms with Gasteiger partial charge in [0.15, 0.2) is 0 Å². The second-order valence-electron chi connectivity index (χ2n) is 6.29. The molecular formula is C18H22N4O5S. The lowest BCUT2D eigenvalue weighted by Crippen LogP contribution is -2.46. The van der Waals surface area contributed by atoms with Gasteiger partial charge >= 0.3 is 0 Å². The van der Waals surface area contributed by atoms with Gasteiger partial charge in [0.05, 0.1) is 16.9 Å². The quantitative estimate of drug-likeness (QED) is 0.576. The monoisotopic (exact) mass is 406 g/mol. The van der Waals surface area contributed by atoms with Gasteiger partial charge in [0, 0.05) is 44.0 Å². The van der Waals surface area contributed by atoms with E-state index in [1.165, 1.54) is 19.2 Å². The molecule has 0 atom stereocenters. The largest absolute Gasteiger partial charge is 0.497 e. The van der Waals surface area contributed by atoms with Crippen molar-refractivity contribution in [3.63, 3.8) is 0 Å². The van der Waals surface area contributed by atoms with Gasteiger partial charge < -0.3 is 14.5 Å². The van der Waals surface area contributed by atoms with E-state index in [4.69, 9.17) is 4.74 Å². The molecule has 1 saturated heterocycles. The lowest BCUT2D eigenvalue weighted by atomic mass is 10.2. The van der Waals surface area contributed by atoms with E-state index >= 15 is 0 Å². The molecule has 10 heteroatoms. The first-order chi connectivity index (χ1) is 13.4. The lowest BCUT2D eigenvalue weighted by molar-refractivity contribution is -0.384. The predicted molar refractivity (Wildman–Crippen MR) is 107 cm³/mol. The molecule has 0 aliphatic carbocycles. The Kier molecular flexibility index (Phi) is 5.71. The first-order valence-corrected chi connectivity index (χ1v) is 10.2. The van der Waals surface area contributed by atoms with Gasteiger partial charge in [-0.1, -0.05) is 6.07 Å². The summed E-state index contributed by atoms with van der Waals surface area (Å²) in [5, 5.41) is 11.5. The molecule has 3 rings (SSSR count). The van der Waals surface area contributed by atoms with Crippen molar-refractivity contribution < 1.29 is 18.1 Å². The molecule has 0 radical (unpaired) electrons. The van der Waals surface area contributed by atoms with Crippen molar-refractivity contribution >= 4 is 27.1 Å². The van der Waals surface area contributed by atoms with E-state index < -0.39 is 14.9 Å². The number of sulfonamides is 1. The van der Waals surface area contributed by atoms with E-state index in [9.17, 15) is 18.5 Å². The number of nitrogens with zero attached hydrogens (tertiary/aromatic N) is 3. The minimum absolute atomic E-state index is 0.125. The molecule has 1 N–H and O–H groups in total. The van der Waals surface area contributed by atoms with E-state index in [0.29, 0.717) is 31.9 Å². The van der Waals surface area contributed by atoms with E-state index in [1.807, 2.05) is 29.2 Å². The molecule has 1 fully saturated rings. The molecule has 2 aromatic rings. The lowest BCUT2D eigenvalue weighted by Gasteiger charge is -2.37. The maximum absolute atomic E-state index is 12.0. The van der Waals surface area contributed by atoms with E-state index in [0.717, 1.165) is 17.5 Å². The Labute approximate surface area is 163 Å². The average molecular weight is 406 g/mol. The number of nitrogens with one attached hydrogen (secondary N) is 1. The van der Waals surface area contributed by atoms with Gasteiger partial charge in [-0.15, -0.1) is 0 Å². The third-order valence-corrected chi connectivity index (χ3v) is 6.17. The summed E-state index contributed by atoms with van der Waals surface area (Å²) in [6, 6.07) is 11.8. The number of benzene rings is 2. The van der Waals surface area contributed by atoms with Crippen LogP contribution < -0.4 is 19.3 Å². The molecule has 0 aromatic heterocycles. The van der Waals surface area contributed by atoms with E-state index in [1.54, 1.807) is 7.11 Å². The number of piperazine rings is 1. The summed E-state index contributed by atoms with van der Waals surface area (Å²) in [5.41, 5.74) is 1.24. The van der Waals surface area contributed by atoms with Crippen LogP contribution in [0, 0.1) is 10.1 Å². The zero-order chi connectivity index (χ0) is 20.3. The van der Waals surface area contributed by atoms with Gasteiger partial charge in [-0.3, -0.25) is 10.1 Å². The standard InChI is InChI=1S/C18H22N4O5S/c1-19-28(25,26)16-6-7-17(18(13-16)22(23)24)21-10-8-20(9-11-21)14-4-3-5-15(12-14)27-2/h3-7,12-13,19H,8-11H2,1-2H3. The Hall–Kier alpha value is -2.85. The Bertz CT molecular complexity index is 972. The summed E-state index contributed by atoms with van der Waals surface area (Å²) < 4.78 is 31.3. The van der Waals surface area contributed by atoms with Gasteiger partial charge in [-0.2, -0.15) is 0 Å². The number of ether oxygens (including phenoxy) is 1. The van der Waals surface area contributed by atoms with Crippen LogP contribution in [0.1, 0.15) is 0 Å². The summed E-state index contributed by atoms with van der Waals surface area (Å²) >= 11 is 0. The molecule has 0 bridgehead atoms. The van der Waals surface area contributed by atoms with Gasteiger partial charge in [-0.25, -0.2) is 13.1 Å². The van der Waals surface area contributed by atoms with Crippen LogP contribution in [0.5, 0.6) is 5.75 Å². The Morgan fingerprint density at radius 1 is 1.07 bits per heavy atom. The number of rotatable bonds is 6. The van der Waals surface area contributed by atoms with Crippen LogP contribution in [-0.2, 0) is 10.0 Å². The third-order valence-electron chi connectivity index (χ3n) is 4.76. The fraction of sp³-hybridized carbons (Fsp3) is 0.333. The third kappa shape index (κ3) is 4.02. The van der Waals surface area contributed by atoms with Crippen LogP contribution in [-0.4, -0.2) is 53.7 Å². The van der Waals surface area contributed by atoms with E-state index in [2.05, 4.69) is 9.62 Å². The number of hydrogen-bond acceptors (Lipinski definition) is 7. The number of nitro groups is 1. The van der Waals surface area contributed by atoms with Crippen LogP contribution in [0.3, 0.4) is 0 Å². The molecule has 0 saturated carbocycles. The maximum atomic E-state index is 12.0. The summed E-state index contributed by atoms with van der Waals surface area (Å²) in [4.78, 5) is 15.0. The highest BCUT2D eigenvalue weighted by molar-refractivity contribution is 7.89. The summed E-state index contributed by atoms with van der Waals surface area (Å²) in [7, 11) is -0.856. The molecule has 1 heterocycles. The van der Waals surface area contributed by atoms with Gasteiger partial charge in [-0.05, 0) is 31.3 Å². The summed E-state index contributed by atoms with van der Waals surface area (Å²) in [6.45, 7) is 2.52. The predicted octanol–water partition coefficient (Wildman–Crippen LogP) is 1.84. The highest BCUT2D eigenvalue weighted by Gasteiger charge is 2.26. The highest BCUT2D eigenvalue weighted by Crippen LogP contribution is 2.32. The number of hydrogen-bond donors (Lipinski definition) is 1. The number of nitro benzene ring substituents is 1. The maximum Gasteiger partial charge on any atom is 0.293 e. The van der Waals surface area contributed by atoms with Crippen molar-refractivity contribution in [1.82, 2.24) is 4.72 Å². The van der Waals surface area contributed by atoms with Crippen molar-refractivity contribution in [2.75, 3.05) is 50.1 Å². The number of methoxy groups -OCH3 is 1.